The third-order valence-electron chi connectivity index (χ3n) is 5.27. The zero-order valence-corrected chi connectivity index (χ0v) is 16.9. The average Bonchev–Trinajstić information content (AvgIpc) is 3.15. The Hall–Kier alpha value is -4.26. The summed E-state index contributed by atoms with van der Waals surface area (Å²) in [5, 5.41) is 3.30. The zero-order valence-electron chi connectivity index (χ0n) is 16.9. The number of hydrogen-bond donors (Lipinski definition) is 1. The maximum Gasteiger partial charge on any atom is 0.272 e. The summed E-state index contributed by atoms with van der Waals surface area (Å²) >= 11 is 0. The summed E-state index contributed by atoms with van der Waals surface area (Å²) in [4.78, 5) is 34.1. The van der Waals surface area contributed by atoms with Crippen LogP contribution in [-0.2, 0) is 6.54 Å². The number of amides is 1. The minimum absolute atomic E-state index is 0.197. The van der Waals surface area contributed by atoms with Crippen molar-refractivity contribution in [3.05, 3.63) is 106 Å². The lowest BCUT2D eigenvalue weighted by atomic mass is 10.2. The van der Waals surface area contributed by atoms with E-state index < -0.39 is 0 Å². The molecular formula is C24H20N5O2+. The van der Waals surface area contributed by atoms with Gasteiger partial charge in [0.2, 0.25) is 0 Å². The number of rotatable bonds is 4. The number of benzene rings is 1. The minimum Gasteiger partial charge on any atom is -0.316 e. The summed E-state index contributed by atoms with van der Waals surface area (Å²) in [6.45, 7) is 2.33. The van der Waals surface area contributed by atoms with Crippen LogP contribution in [-0.4, -0.2) is 19.9 Å². The van der Waals surface area contributed by atoms with Crippen molar-refractivity contribution in [1.82, 2.24) is 14.0 Å². The molecule has 4 aromatic heterocycles. The Morgan fingerprint density at radius 2 is 1.90 bits per heavy atom. The second kappa shape index (κ2) is 7.53. The van der Waals surface area contributed by atoms with Gasteiger partial charge < -0.3 is 9.88 Å². The van der Waals surface area contributed by atoms with Gasteiger partial charge in [-0.05, 0) is 36.2 Å². The Morgan fingerprint density at radius 1 is 1.06 bits per heavy atom. The molecule has 5 rings (SSSR count). The van der Waals surface area contributed by atoms with Crippen molar-refractivity contribution < 1.29 is 9.78 Å². The number of nitrogens with zero attached hydrogens (tertiary/aromatic N) is 3. The molecule has 0 bridgehead atoms. The molecule has 2 N–H and O–H groups in total. The zero-order chi connectivity index (χ0) is 21.4. The summed E-state index contributed by atoms with van der Waals surface area (Å²) in [6.07, 6.45) is 5.17. The molecule has 31 heavy (non-hydrogen) atoms. The fraction of sp³-hybridized carbons (Fsp3) is 0.0833. The van der Waals surface area contributed by atoms with Crippen LogP contribution in [0.5, 0.6) is 0 Å². The maximum absolute atomic E-state index is 13.2. The molecule has 0 spiro atoms. The van der Waals surface area contributed by atoms with Crippen molar-refractivity contribution in [2.45, 2.75) is 13.5 Å². The summed E-state index contributed by atoms with van der Waals surface area (Å²) in [5.41, 5.74) is 3.78. The molecular weight excluding hydrogens is 390 g/mol. The van der Waals surface area contributed by atoms with Crippen LogP contribution < -0.4 is 15.9 Å². The second-order valence-corrected chi connectivity index (χ2v) is 7.39. The van der Waals surface area contributed by atoms with Crippen molar-refractivity contribution in [3.8, 4) is 0 Å². The van der Waals surface area contributed by atoms with Gasteiger partial charge in [0.1, 0.15) is 22.7 Å². The van der Waals surface area contributed by atoms with Crippen molar-refractivity contribution in [2.24, 2.45) is 0 Å². The van der Waals surface area contributed by atoms with E-state index in [0.29, 0.717) is 34.6 Å². The van der Waals surface area contributed by atoms with Crippen LogP contribution in [0.3, 0.4) is 0 Å². The molecule has 0 aliphatic carbocycles. The maximum atomic E-state index is 13.2. The molecule has 1 aromatic carbocycles. The van der Waals surface area contributed by atoms with Crippen molar-refractivity contribution >= 4 is 28.3 Å². The Morgan fingerprint density at radius 3 is 2.68 bits per heavy atom. The molecule has 1 amide bonds. The molecule has 7 heteroatoms. The smallest absolute Gasteiger partial charge is 0.272 e. The third kappa shape index (κ3) is 3.36. The molecule has 0 aliphatic heterocycles. The van der Waals surface area contributed by atoms with Gasteiger partial charge in [0.05, 0.1) is 5.39 Å². The van der Waals surface area contributed by atoms with Crippen LogP contribution in [0.1, 0.15) is 21.6 Å². The first-order valence-corrected chi connectivity index (χ1v) is 9.94. The summed E-state index contributed by atoms with van der Waals surface area (Å²) < 4.78 is 3.33. The summed E-state index contributed by atoms with van der Waals surface area (Å²) in [5.74, 6) is -0.307. The quantitative estimate of drug-likeness (QED) is 0.494. The lowest BCUT2D eigenvalue weighted by Crippen LogP contribution is -2.19. The second-order valence-electron chi connectivity index (χ2n) is 7.39. The Kier molecular flexibility index (Phi) is 4.55. The number of nitrogens with one attached hydrogen (secondary N) is 2. The van der Waals surface area contributed by atoms with Gasteiger partial charge in [-0.1, -0.05) is 36.4 Å². The molecule has 0 aliphatic rings. The number of aromatic amines is 1. The van der Waals surface area contributed by atoms with E-state index in [1.54, 1.807) is 41.4 Å². The number of carbonyl (C=O) groups is 1. The SMILES string of the molecule is Cc1cccn2c(=O)c3cc(C(=O)Nc4ccc[nH+]c4)n(Cc4ccccc4)c3nc12. The molecule has 7 nitrogen and oxygen atoms in total. The number of hydrogen-bond acceptors (Lipinski definition) is 3. The Labute approximate surface area is 177 Å². The number of H-pyrrole nitrogens is 1. The first kappa shape index (κ1) is 18.7. The number of pyridine rings is 2. The molecule has 0 saturated heterocycles. The fourth-order valence-corrected chi connectivity index (χ4v) is 3.74. The van der Waals surface area contributed by atoms with Crippen LogP contribution in [0.25, 0.3) is 16.7 Å². The Bertz CT molecular complexity index is 1470. The highest BCUT2D eigenvalue weighted by Crippen LogP contribution is 2.20. The Balaban J connectivity index is 1.73. The van der Waals surface area contributed by atoms with Crippen LogP contribution in [0.2, 0.25) is 0 Å². The van der Waals surface area contributed by atoms with E-state index in [4.69, 9.17) is 4.98 Å². The highest BCUT2D eigenvalue weighted by atomic mass is 16.2. The van der Waals surface area contributed by atoms with Crippen LogP contribution in [0.15, 0.2) is 84.0 Å². The number of fused-ring (bicyclic) bond motifs is 2. The van der Waals surface area contributed by atoms with Gasteiger partial charge in [-0.15, -0.1) is 0 Å². The molecule has 5 aromatic rings. The lowest BCUT2D eigenvalue weighted by molar-refractivity contribution is -0.377. The van der Waals surface area contributed by atoms with Gasteiger partial charge in [0, 0.05) is 18.8 Å². The fourth-order valence-electron chi connectivity index (χ4n) is 3.74. The molecule has 0 saturated carbocycles. The number of aromatic nitrogens is 4. The number of aryl methyl sites for hydroxylation is 1. The van der Waals surface area contributed by atoms with E-state index in [-0.39, 0.29) is 11.5 Å². The normalized spacial score (nSPS) is 11.1. The van der Waals surface area contributed by atoms with E-state index in [1.807, 2.05) is 49.4 Å². The van der Waals surface area contributed by atoms with Gasteiger partial charge in [0.15, 0.2) is 12.4 Å². The minimum atomic E-state index is -0.307. The van der Waals surface area contributed by atoms with Crippen LogP contribution in [0, 0.1) is 6.92 Å². The van der Waals surface area contributed by atoms with Crippen molar-refractivity contribution in [1.29, 1.82) is 0 Å². The standard InChI is InChI=1S/C24H19N5O2/c1-16-7-6-12-28-21(16)27-22-19(24(28)31)13-20(23(30)26-18-10-5-11-25-14-18)29(22)15-17-8-3-2-4-9-17/h2-14H,15H2,1H3,(H,26,30)/p+1. The first-order chi connectivity index (χ1) is 15.1. The van der Waals surface area contributed by atoms with E-state index in [9.17, 15) is 9.59 Å². The van der Waals surface area contributed by atoms with Gasteiger partial charge in [-0.25, -0.2) is 9.97 Å². The molecule has 4 heterocycles. The predicted octanol–water partition coefficient (Wildman–Crippen LogP) is 3.07. The molecule has 152 valence electrons. The van der Waals surface area contributed by atoms with E-state index in [1.165, 1.54) is 4.40 Å². The largest absolute Gasteiger partial charge is 0.316 e. The lowest BCUT2D eigenvalue weighted by Gasteiger charge is -2.11. The number of anilines is 1. The van der Waals surface area contributed by atoms with E-state index >= 15 is 0 Å². The number of carbonyl (C=O) groups excluding carboxylic acids is 1. The topological polar surface area (TPSA) is 82.5 Å². The monoisotopic (exact) mass is 410 g/mol. The predicted molar refractivity (Wildman–Crippen MR) is 118 cm³/mol. The van der Waals surface area contributed by atoms with Crippen molar-refractivity contribution in [3.63, 3.8) is 0 Å². The molecule has 0 fully saturated rings. The molecule has 0 atom stereocenters. The van der Waals surface area contributed by atoms with Crippen LogP contribution in [0.4, 0.5) is 5.69 Å². The van der Waals surface area contributed by atoms with E-state index in [0.717, 1.165) is 11.1 Å². The van der Waals surface area contributed by atoms with Crippen LogP contribution >= 0.6 is 0 Å². The summed E-state index contributed by atoms with van der Waals surface area (Å²) in [7, 11) is 0. The highest BCUT2D eigenvalue weighted by molar-refractivity contribution is 6.06. The van der Waals surface area contributed by atoms with E-state index in [2.05, 4.69) is 10.3 Å². The first-order valence-electron chi connectivity index (χ1n) is 9.94. The molecule has 0 radical (unpaired) electrons. The van der Waals surface area contributed by atoms with Gasteiger partial charge >= 0.3 is 0 Å². The van der Waals surface area contributed by atoms with Crippen molar-refractivity contribution in [2.75, 3.05) is 5.32 Å². The highest BCUT2D eigenvalue weighted by Gasteiger charge is 2.21. The summed E-state index contributed by atoms with van der Waals surface area (Å²) in [6, 6.07) is 18.8. The van der Waals surface area contributed by atoms with Gasteiger partial charge in [-0.3, -0.25) is 14.0 Å². The van der Waals surface area contributed by atoms with Gasteiger partial charge in [-0.2, -0.15) is 0 Å². The molecule has 0 unspecified atom stereocenters. The van der Waals surface area contributed by atoms with Gasteiger partial charge in [0.25, 0.3) is 11.5 Å². The third-order valence-corrected chi connectivity index (χ3v) is 5.27. The average molecular weight is 410 g/mol.